The van der Waals surface area contributed by atoms with Crippen molar-refractivity contribution in [3.63, 3.8) is 0 Å². The molecule has 2 saturated carbocycles. The van der Waals surface area contributed by atoms with Crippen LogP contribution in [0, 0.1) is 5.41 Å². The van der Waals surface area contributed by atoms with Gasteiger partial charge in [-0.1, -0.05) is 19.3 Å². The third-order valence-corrected chi connectivity index (χ3v) is 4.52. The number of hydrogen-bond donors (Lipinski definition) is 1. The van der Waals surface area contributed by atoms with E-state index in [0.29, 0.717) is 13.0 Å². The summed E-state index contributed by atoms with van der Waals surface area (Å²) in [6, 6.07) is 0.0555. The first-order chi connectivity index (χ1) is 9.06. The van der Waals surface area contributed by atoms with E-state index >= 15 is 0 Å². The quantitative estimate of drug-likeness (QED) is 0.820. The Hall–Kier alpha value is -0.420. The largest absolute Gasteiger partial charge is 0.334 e. The monoisotopic (exact) mass is 310 g/mol. The molecule has 2 aliphatic carbocycles. The summed E-state index contributed by atoms with van der Waals surface area (Å²) < 4.78 is 25.1. The number of nitrogens with two attached hydrogens (primary N) is 1. The summed E-state index contributed by atoms with van der Waals surface area (Å²) >= 11 is 0. The summed E-state index contributed by atoms with van der Waals surface area (Å²) in [6.07, 6.45) is 4.97. The second-order valence-corrected chi connectivity index (χ2v) is 6.11. The van der Waals surface area contributed by atoms with Crippen LogP contribution < -0.4 is 5.73 Å². The standard InChI is InChI=1S/C14H24F2N2O.ClH/c15-12(16)9-18(11-4-5-11)13(19)8-14(10-17)6-2-1-3-7-14;/h11-12H,1-10,17H2;1H. The van der Waals surface area contributed by atoms with Crippen molar-refractivity contribution in [3.8, 4) is 0 Å². The first-order valence-corrected chi connectivity index (χ1v) is 7.34. The second-order valence-electron chi connectivity index (χ2n) is 6.11. The van der Waals surface area contributed by atoms with Crippen LogP contribution in [0.5, 0.6) is 0 Å². The Bertz CT molecular complexity index is 318. The maximum absolute atomic E-state index is 12.6. The van der Waals surface area contributed by atoms with Crippen LogP contribution in [0.4, 0.5) is 8.78 Å². The Morgan fingerprint density at radius 3 is 2.30 bits per heavy atom. The first kappa shape index (κ1) is 17.6. The van der Waals surface area contributed by atoms with Crippen molar-refractivity contribution in [1.29, 1.82) is 0 Å². The Kier molecular flexibility index (Phi) is 6.65. The number of rotatable bonds is 6. The molecule has 0 aromatic carbocycles. The van der Waals surface area contributed by atoms with Gasteiger partial charge in [-0.3, -0.25) is 4.79 Å². The van der Waals surface area contributed by atoms with E-state index in [1.165, 1.54) is 11.3 Å². The lowest BCUT2D eigenvalue weighted by Crippen LogP contribution is -2.43. The van der Waals surface area contributed by atoms with E-state index in [1.807, 2.05) is 0 Å². The smallest absolute Gasteiger partial charge is 0.255 e. The molecule has 0 atom stereocenters. The first-order valence-electron chi connectivity index (χ1n) is 7.34. The van der Waals surface area contributed by atoms with Crippen LogP contribution in [0.2, 0.25) is 0 Å². The molecule has 0 bridgehead atoms. The lowest BCUT2D eigenvalue weighted by molar-refractivity contribution is -0.136. The third kappa shape index (κ3) is 4.55. The molecule has 0 aromatic rings. The van der Waals surface area contributed by atoms with Crippen LogP contribution >= 0.6 is 12.4 Å². The van der Waals surface area contributed by atoms with Crippen LogP contribution in [-0.2, 0) is 4.79 Å². The molecule has 2 N–H and O–H groups in total. The van der Waals surface area contributed by atoms with E-state index in [9.17, 15) is 13.6 Å². The fourth-order valence-corrected chi connectivity index (χ4v) is 3.17. The Balaban J connectivity index is 0.00000200. The highest BCUT2D eigenvalue weighted by atomic mass is 35.5. The average molecular weight is 311 g/mol. The normalized spacial score (nSPS) is 21.4. The molecule has 118 valence electrons. The Labute approximate surface area is 125 Å². The summed E-state index contributed by atoms with van der Waals surface area (Å²) in [6.45, 7) is 0.0794. The van der Waals surface area contributed by atoms with Crippen LogP contribution in [0.1, 0.15) is 51.4 Å². The van der Waals surface area contributed by atoms with Gasteiger partial charge >= 0.3 is 0 Å². The van der Waals surface area contributed by atoms with Gasteiger partial charge in [0.05, 0.1) is 6.54 Å². The number of hydrogen-bond acceptors (Lipinski definition) is 2. The summed E-state index contributed by atoms with van der Waals surface area (Å²) in [5.41, 5.74) is 5.73. The third-order valence-electron chi connectivity index (χ3n) is 4.52. The maximum atomic E-state index is 12.6. The van der Waals surface area contributed by atoms with Crippen molar-refractivity contribution in [2.45, 2.75) is 63.8 Å². The van der Waals surface area contributed by atoms with Gasteiger partial charge in [0, 0.05) is 12.5 Å². The zero-order valence-electron chi connectivity index (χ0n) is 11.8. The summed E-state index contributed by atoms with van der Waals surface area (Å²) in [7, 11) is 0. The molecule has 0 heterocycles. The molecule has 0 spiro atoms. The van der Waals surface area contributed by atoms with Gasteiger partial charge in [0.25, 0.3) is 6.43 Å². The molecule has 0 aromatic heterocycles. The van der Waals surface area contributed by atoms with Gasteiger partial charge in [0.15, 0.2) is 0 Å². The SMILES string of the molecule is Cl.NCC1(CC(=O)N(CC(F)F)C2CC2)CCCCC1. The summed E-state index contributed by atoms with van der Waals surface area (Å²) in [4.78, 5) is 13.7. The Morgan fingerprint density at radius 2 is 1.85 bits per heavy atom. The molecular weight excluding hydrogens is 286 g/mol. The van der Waals surface area contributed by atoms with Gasteiger partial charge in [0.2, 0.25) is 5.91 Å². The molecule has 6 heteroatoms. The van der Waals surface area contributed by atoms with Crippen LogP contribution in [-0.4, -0.2) is 36.4 Å². The fraction of sp³-hybridized carbons (Fsp3) is 0.929. The molecule has 1 amide bonds. The minimum atomic E-state index is -2.44. The molecule has 0 aliphatic heterocycles. The highest BCUT2D eigenvalue weighted by Crippen LogP contribution is 2.40. The van der Waals surface area contributed by atoms with Gasteiger partial charge in [-0.15, -0.1) is 12.4 Å². The number of halogens is 3. The van der Waals surface area contributed by atoms with Crippen LogP contribution in [0.15, 0.2) is 0 Å². The van der Waals surface area contributed by atoms with E-state index < -0.39 is 13.0 Å². The van der Waals surface area contributed by atoms with Gasteiger partial charge in [-0.05, 0) is 37.6 Å². The predicted molar refractivity (Wildman–Crippen MR) is 77.2 cm³/mol. The molecule has 0 radical (unpaired) electrons. The van der Waals surface area contributed by atoms with E-state index in [4.69, 9.17) is 5.73 Å². The number of nitrogens with zero attached hydrogens (tertiary/aromatic N) is 1. The van der Waals surface area contributed by atoms with Crippen molar-refractivity contribution >= 4 is 18.3 Å². The maximum Gasteiger partial charge on any atom is 0.255 e. The van der Waals surface area contributed by atoms with Crippen molar-refractivity contribution in [2.75, 3.05) is 13.1 Å². The molecule has 3 nitrogen and oxygen atoms in total. The number of alkyl halides is 2. The lowest BCUT2D eigenvalue weighted by atomic mass is 9.71. The van der Waals surface area contributed by atoms with E-state index in [-0.39, 0.29) is 29.8 Å². The lowest BCUT2D eigenvalue weighted by Gasteiger charge is -2.37. The molecule has 0 saturated heterocycles. The average Bonchev–Trinajstić information content (AvgIpc) is 3.21. The fourth-order valence-electron chi connectivity index (χ4n) is 3.17. The highest BCUT2D eigenvalue weighted by molar-refractivity contribution is 5.85. The predicted octanol–water partition coefficient (Wildman–Crippen LogP) is 2.96. The molecule has 20 heavy (non-hydrogen) atoms. The highest BCUT2D eigenvalue weighted by Gasteiger charge is 2.39. The zero-order chi connectivity index (χ0) is 13.9. The topological polar surface area (TPSA) is 46.3 Å². The van der Waals surface area contributed by atoms with E-state index in [2.05, 4.69) is 0 Å². The van der Waals surface area contributed by atoms with Crippen molar-refractivity contribution in [1.82, 2.24) is 4.90 Å². The molecule has 2 fully saturated rings. The second kappa shape index (κ2) is 7.55. The number of carbonyl (C=O) groups excluding carboxylic acids is 1. The van der Waals surface area contributed by atoms with E-state index in [0.717, 1.165) is 38.5 Å². The van der Waals surface area contributed by atoms with Gasteiger partial charge in [-0.2, -0.15) is 0 Å². The number of amides is 1. The van der Waals surface area contributed by atoms with Crippen molar-refractivity contribution in [2.24, 2.45) is 11.1 Å². The molecule has 2 rings (SSSR count). The summed E-state index contributed by atoms with van der Waals surface area (Å²) in [5.74, 6) is -0.116. The van der Waals surface area contributed by atoms with Gasteiger partial charge in [-0.25, -0.2) is 8.78 Å². The van der Waals surface area contributed by atoms with Gasteiger partial charge < -0.3 is 10.6 Å². The zero-order valence-corrected chi connectivity index (χ0v) is 12.6. The van der Waals surface area contributed by atoms with E-state index in [1.54, 1.807) is 0 Å². The minimum Gasteiger partial charge on any atom is -0.334 e. The Morgan fingerprint density at radius 1 is 1.25 bits per heavy atom. The van der Waals surface area contributed by atoms with Crippen LogP contribution in [0.3, 0.4) is 0 Å². The summed E-state index contributed by atoms with van der Waals surface area (Å²) in [5, 5.41) is 0. The number of carbonyl (C=O) groups is 1. The van der Waals surface area contributed by atoms with Crippen molar-refractivity contribution in [3.05, 3.63) is 0 Å². The van der Waals surface area contributed by atoms with Crippen molar-refractivity contribution < 1.29 is 13.6 Å². The minimum absolute atomic E-state index is 0. The molecular formula is C14H25ClF2N2O. The molecule has 0 unspecified atom stereocenters. The molecule has 2 aliphatic rings. The van der Waals surface area contributed by atoms with Crippen LogP contribution in [0.25, 0.3) is 0 Å². The van der Waals surface area contributed by atoms with Gasteiger partial charge in [0.1, 0.15) is 0 Å².